The summed E-state index contributed by atoms with van der Waals surface area (Å²) in [4.78, 5) is 0. The number of nitrogens with zero attached hydrogens (tertiary/aromatic N) is 1. The Morgan fingerprint density at radius 1 is 1.73 bits per heavy atom. The summed E-state index contributed by atoms with van der Waals surface area (Å²) in [6.45, 7) is 1.64. The van der Waals surface area contributed by atoms with Gasteiger partial charge in [0.05, 0.1) is 6.61 Å². The summed E-state index contributed by atoms with van der Waals surface area (Å²) in [5.41, 5.74) is 6.56. The Kier molecular flexibility index (Phi) is 1.54. The predicted octanol–water partition coefficient (Wildman–Crippen LogP) is 0.496. The largest absolute Gasteiger partial charge is 0.382 e. The fraction of sp³-hybridized carbons (Fsp3) is 0.571. The van der Waals surface area contributed by atoms with E-state index in [4.69, 9.17) is 10.5 Å². The van der Waals surface area contributed by atoms with Gasteiger partial charge in [0.15, 0.2) is 0 Å². The molecule has 0 aromatic carbocycles. The number of anilines is 1. The Balaban J connectivity index is 2.15. The second kappa shape index (κ2) is 2.54. The highest BCUT2D eigenvalue weighted by atomic mass is 16.5. The van der Waals surface area contributed by atoms with E-state index in [1.165, 1.54) is 0 Å². The van der Waals surface area contributed by atoms with E-state index in [9.17, 15) is 0 Å². The van der Waals surface area contributed by atoms with E-state index in [0.29, 0.717) is 11.7 Å². The zero-order chi connectivity index (χ0) is 7.68. The van der Waals surface area contributed by atoms with Crippen LogP contribution in [0.2, 0.25) is 0 Å². The normalized spacial score (nSPS) is 24.2. The van der Waals surface area contributed by atoms with Crippen LogP contribution < -0.4 is 5.73 Å². The molecule has 0 spiro atoms. The van der Waals surface area contributed by atoms with E-state index >= 15 is 0 Å². The van der Waals surface area contributed by atoms with Crippen LogP contribution in [0.3, 0.4) is 0 Å². The third kappa shape index (κ3) is 1.21. The number of H-pyrrole nitrogens is 1. The Labute approximate surface area is 64.7 Å². The SMILES string of the molecule is Nc1cc([C@@H]2CCOC2)[nH]n1. The molecule has 1 fully saturated rings. The minimum atomic E-state index is 0.472. The number of aromatic nitrogens is 2. The van der Waals surface area contributed by atoms with Crippen molar-refractivity contribution < 1.29 is 4.74 Å². The van der Waals surface area contributed by atoms with Gasteiger partial charge >= 0.3 is 0 Å². The highest BCUT2D eigenvalue weighted by Crippen LogP contribution is 2.23. The van der Waals surface area contributed by atoms with Crippen LogP contribution in [0.5, 0.6) is 0 Å². The molecule has 3 N–H and O–H groups in total. The number of ether oxygens (including phenoxy) is 1. The Morgan fingerprint density at radius 2 is 2.64 bits per heavy atom. The number of nitrogens with two attached hydrogens (primary N) is 1. The van der Waals surface area contributed by atoms with Gasteiger partial charge < -0.3 is 10.5 Å². The Hall–Kier alpha value is -1.03. The van der Waals surface area contributed by atoms with Crippen LogP contribution in [0.4, 0.5) is 5.82 Å². The van der Waals surface area contributed by atoms with Gasteiger partial charge in [0.1, 0.15) is 5.82 Å². The molecule has 60 valence electrons. The summed E-state index contributed by atoms with van der Waals surface area (Å²) in [5, 5.41) is 6.75. The maximum atomic E-state index is 5.46. The molecule has 1 aromatic heterocycles. The summed E-state index contributed by atoms with van der Waals surface area (Å²) < 4.78 is 5.23. The third-order valence-corrected chi connectivity index (χ3v) is 1.99. The molecule has 4 nitrogen and oxygen atoms in total. The molecule has 2 heterocycles. The summed E-state index contributed by atoms with van der Waals surface area (Å²) in [6.07, 6.45) is 1.07. The van der Waals surface area contributed by atoms with Crippen LogP contribution in [-0.4, -0.2) is 23.4 Å². The quantitative estimate of drug-likeness (QED) is 0.617. The minimum absolute atomic E-state index is 0.472. The second-order valence-electron chi connectivity index (χ2n) is 2.81. The lowest BCUT2D eigenvalue weighted by atomic mass is 10.1. The molecular formula is C7H11N3O. The van der Waals surface area contributed by atoms with Crippen molar-refractivity contribution in [3.8, 4) is 0 Å². The van der Waals surface area contributed by atoms with E-state index in [2.05, 4.69) is 10.2 Å². The summed E-state index contributed by atoms with van der Waals surface area (Å²) >= 11 is 0. The lowest BCUT2D eigenvalue weighted by Gasteiger charge is -2.00. The number of nitrogen functional groups attached to an aromatic ring is 1. The molecule has 0 amide bonds. The fourth-order valence-corrected chi connectivity index (χ4v) is 1.34. The first-order valence-electron chi connectivity index (χ1n) is 3.75. The molecule has 2 rings (SSSR count). The van der Waals surface area contributed by atoms with Gasteiger partial charge in [-0.15, -0.1) is 0 Å². The van der Waals surface area contributed by atoms with Gasteiger partial charge in [0, 0.05) is 24.3 Å². The van der Waals surface area contributed by atoms with Gasteiger partial charge in [0.25, 0.3) is 0 Å². The van der Waals surface area contributed by atoms with Crippen molar-refractivity contribution >= 4 is 5.82 Å². The van der Waals surface area contributed by atoms with Crippen molar-refractivity contribution in [3.63, 3.8) is 0 Å². The van der Waals surface area contributed by atoms with Crippen molar-refractivity contribution in [2.75, 3.05) is 18.9 Å². The maximum absolute atomic E-state index is 5.46. The van der Waals surface area contributed by atoms with Crippen LogP contribution in [0.25, 0.3) is 0 Å². The molecular weight excluding hydrogens is 142 g/mol. The van der Waals surface area contributed by atoms with E-state index in [1.54, 1.807) is 0 Å². The van der Waals surface area contributed by atoms with Crippen molar-refractivity contribution in [2.24, 2.45) is 0 Å². The first-order chi connectivity index (χ1) is 5.36. The summed E-state index contributed by atoms with van der Waals surface area (Å²) in [5.74, 6) is 1.03. The number of hydrogen-bond donors (Lipinski definition) is 2. The molecule has 0 radical (unpaired) electrons. The lowest BCUT2D eigenvalue weighted by Crippen LogP contribution is -1.97. The second-order valence-corrected chi connectivity index (χ2v) is 2.81. The van der Waals surface area contributed by atoms with Crippen LogP contribution in [-0.2, 0) is 4.74 Å². The van der Waals surface area contributed by atoms with Crippen molar-refractivity contribution in [3.05, 3.63) is 11.8 Å². The molecule has 4 heteroatoms. The molecule has 1 aromatic rings. The number of aromatic amines is 1. The highest BCUT2D eigenvalue weighted by Gasteiger charge is 2.19. The molecule has 1 atom stereocenters. The smallest absolute Gasteiger partial charge is 0.145 e. The predicted molar refractivity (Wildman–Crippen MR) is 41.2 cm³/mol. The number of hydrogen-bond acceptors (Lipinski definition) is 3. The monoisotopic (exact) mass is 153 g/mol. The molecule has 1 saturated heterocycles. The topological polar surface area (TPSA) is 63.9 Å². The zero-order valence-corrected chi connectivity index (χ0v) is 6.21. The average Bonchev–Trinajstić information content (AvgIpc) is 2.55. The number of nitrogens with one attached hydrogen (secondary N) is 1. The average molecular weight is 153 g/mol. The van der Waals surface area contributed by atoms with E-state index in [1.807, 2.05) is 6.07 Å². The first kappa shape index (κ1) is 6.67. The lowest BCUT2D eigenvalue weighted by molar-refractivity contribution is 0.193. The van der Waals surface area contributed by atoms with Gasteiger partial charge in [-0.05, 0) is 6.42 Å². The van der Waals surface area contributed by atoms with Crippen molar-refractivity contribution in [2.45, 2.75) is 12.3 Å². The molecule has 0 bridgehead atoms. The van der Waals surface area contributed by atoms with Crippen LogP contribution in [0, 0.1) is 0 Å². The zero-order valence-electron chi connectivity index (χ0n) is 6.21. The van der Waals surface area contributed by atoms with Crippen LogP contribution in [0.1, 0.15) is 18.0 Å². The Bertz CT molecular complexity index is 240. The molecule has 1 aliphatic heterocycles. The fourth-order valence-electron chi connectivity index (χ4n) is 1.34. The third-order valence-electron chi connectivity index (χ3n) is 1.99. The molecule has 0 unspecified atom stereocenters. The van der Waals surface area contributed by atoms with Gasteiger partial charge in [0.2, 0.25) is 0 Å². The van der Waals surface area contributed by atoms with Crippen molar-refractivity contribution in [1.82, 2.24) is 10.2 Å². The molecule has 11 heavy (non-hydrogen) atoms. The Morgan fingerprint density at radius 3 is 3.18 bits per heavy atom. The number of rotatable bonds is 1. The van der Waals surface area contributed by atoms with Gasteiger partial charge in [-0.25, -0.2) is 0 Å². The van der Waals surface area contributed by atoms with Crippen LogP contribution >= 0.6 is 0 Å². The van der Waals surface area contributed by atoms with Gasteiger partial charge in [-0.1, -0.05) is 0 Å². The van der Waals surface area contributed by atoms with Crippen molar-refractivity contribution in [1.29, 1.82) is 0 Å². The van der Waals surface area contributed by atoms with Gasteiger partial charge in [-0.3, -0.25) is 5.10 Å². The molecule has 0 saturated carbocycles. The first-order valence-corrected chi connectivity index (χ1v) is 3.75. The van der Waals surface area contributed by atoms with E-state index in [-0.39, 0.29) is 0 Å². The molecule has 0 aliphatic carbocycles. The minimum Gasteiger partial charge on any atom is -0.382 e. The molecule has 1 aliphatic rings. The summed E-state index contributed by atoms with van der Waals surface area (Å²) in [6, 6.07) is 1.87. The van der Waals surface area contributed by atoms with Crippen LogP contribution in [0.15, 0.2) is 6.07 Å². The standard InChI is InChI=1S/C7H11N3O/c8-7-3-6(9-10-7)5-1-2-11-4-5/h3,5H,1-2,4H2,(H3,8,9,10)/t5-/m1/s1. The summed E-state index contributed by atoms with van der Waals surface area (Å²) in [7, 11) is 0. The van der Waals surface area contributed by atoms with E-state index < -0.39 is 0 Å². The van der Waals surface area contributed by atoms with E-state index in [0.717, 1.165) is 25.3 Å². The highest BCUT2D eigenvalue weighted by molar-refractivity contribution is 5.30. The van der Waals surface area contributed by atoms with Gasteiger partial charge in [-0.2, -0.15) is 5.10 Å². The maximum Gasteiger partial charge on any atom is 0.145 e.